The summed E-state index contributed by atoms with van der Waals surface area (Å²) < 4.78 is 70.8. The molecule has 0 unspecified atom stereocenters. The maximum atomic E-state index is 12.7. The quantitative estimate of drug-likeness (QED) is 0.266. The Hall–Kier alpha value is -2.74. The zero-order valence-corrected chi connectivity index (χ0v) is 20.7. The molecule has 4 saturated carbocycles. The number of methoxy groups -OCH3 is 1. The summed E-state index contributed by atoms with van der Waals surface area (Å²) in [6, 6.07) is 16.1. The number of benzene rings is 3. The molecule has 7 rings (SSSR count). The van der Waals surface area contributed by atoms with Gasteiger partial charge in [-0.3, -0.25) is 0 Å². The van der Waals surface area contributed by atoms with Gasteiger partial charge in [-0.05, 0) is 114 Å². The first-order valence-electron chi connectivity index (χ1n) is 12.3. The summed E-state index contributed by atoms with van der Waals surface area (Å²) in [6.07, 6.45) is 7.76. The molecular formula is C28H27F3O4S. The van der Waals surface area contributed by atoms with Crippen LogP contribution in [0.4, 0.5) is 13.2 Å². The van der Waals surface area contributed by atoms with Crippen molar-refractivity contribution >= 4 is 20.9 Å². The molecule has 0 aliphatic heterocycles. The van der Waals surface area contributed by atoms with Crippen molar-refractivity contribution in [1.82, 2.24) is 0 Å². The minimum atomic E-state index is -5.71. The summed E-state index contributed by atoms with van der Waals surface area (Å²) in [4.78, 5) is 0. The highest BCUT2D eigenvalue weighted by Crippen LogP contribution is 2.62. The van der Waals surface area contributed by atoms with Gasteiger partial charge in [-0.25, -0.2) is 0 Å². The average Bonchev–Trinajstić information content (AvgIpc) is 2.81. The zero-order valence-electron chi connectivity index (χ0n) is 19.8. The van der Waals surface area contributed by atoms with Crippen molar-refractivity contribution in [2.45, 2.75) is 49.4 Å². The molecule has 3 aromatic rings. The standard InChI is InChI=1S/C28H27F3O4S/c1-34-26-7-5-23(13-25(26)27-14-17-8-18(15-27)10-19(9-17)16-27)20-2-3-22-12-24(6-4-21(22)11-20)35-36(32,33)28(29,30)31/h2-7,11-13,17-19H,8-10,14-16H2,1H3. The molecule has 0 atom stereocenters. The van der Waals surface area contributed by atoms with Gasteiger partial charge in [0.15, 0.2) is 0 Å². The first kappa shape index (κ1) is 23.6. The molecule has 4 fully saturated rings. The highest BCUT2D eigenvalue weighted by atomic mass is 32.2. The lowest BCUT2D eigenvalue weighted by Crippen LogP contribution is -2.48. The van der Waals surface area contributed by atoms with E-state index in [1.54, 1.807) is 19.2 Å². The molecular weight excluding hydrogens is 489 g/mol. The Labute approximate surface area is 208 Å². The Bertz CT molecular complexity index is 1410. The van der Waals surface area contributed by atoms with E-state index >= 15 is 0 Å². The van der Waals surface area contributed by atoms with Gasteiger partial charge in [0.05, 0.1) is 7.11 Å². The van der Waals surface area contributed by atoms with Crippen molar-refractivity contribution in [3.05, 3.63) is 60.2 Å². The third kappa shape index (κ3) is 3.94. The second-order valence-corrected chi connectivity index (χ2v) is 12.4. The summed E-state index contributed by atoms with van der Waals surface area (Å²) in [5.74, 6) is 2.99. The van der Waals surface area contributed by atoms with Crippen molar-refractivity contribution in [1.29, 1.82) is 0 Å². The lowest BCUT2D eigenvalue weighted by molar-refractivity contribution is -0.0500. The lowest BCUT2D eigenvalue weighted by Gasteiger charge is -2.57. The first-order valence-corrected chi connectivity index (χ1v) is 13.7. The predicted octanol–water partition coefficient (Wildman–Crippen LogP) is 7.21. The second-order valence-electron chi connectivity index (χ2n) is 10.8. The number of hydrogen-bond donors (Lipinski definition) is 0. The molecule has 0 aromatic heterocycles. The Morgan fingerprint density at radius 2 is 1.36 bits per heavy atom. The van der Waals surface area contributed by atoms with Gasteiger partial charge in [0.1, 0.15) is 11.5 Å². The van der Waals surface area contributed by atoms with Gasteiger partial charge in [0.25, 0.3) is 0 Å². The fraction of sp³-hybridized carbons (Fsp3) is 0.429. The molecule has 0 radical (unpaired) electrons. The van der Waals surface area contributed by atoms with E-state index in [9.17, 15) is 21.6 Å². The van der Waals surface area contributed by atoms with Gasteiger partial charge >= 0.3 is 15.6 Å². The number of ether oxygens (including phenoxy) is 1. The molecule has 0 heterocycles. The summed E-state index contributed by atoms with van der Waals surface area (Å²) in [6.45, 7) is 0. The molecule has 4 aliphatic rings. The molecule has 0 spiro atoms. The predicted molar refractivity (Wildman–Crippen MR) is 131 cm³/mol. The third-order valence-electron chi connectivity index (χ3n) is 8.44. The van der Waals surface area contributed by atoms with Crippen molar-refractivity contribution in [2.24, 2.45) is 17.8 Å². The van der Waals surface area contributed by atoms with Gasteiger partial charge < -0.3 is 8.92 Å². The number of alkyl halides is 3. The summed E-state index contributed by atoms with van der Waals surface area (Å²) in [7, 11) is -3.98. The number of rotatable bonds is 5. The van der Waals surface area contributed by atoms with Crippen LogP contribution in [0.3, 0.4) is 0 Å². The lowest BCUT2D eigenvalue weighted by atomic mass is 9.48. The van der Waals surface area contributed by atoms with Crippen LogP contribution in [0.5, 0.6) is 11.5 Å². The third-order valence-corrected chi connectivity index (χ3v) is 9.42. The van der Waals surface area contributed by atoms with Crippen molar-refractivity contribution in [2.75, 3.05) is 7.11 Å². The van der Waals surface area contributed by atoms with Crippen molar-refractivity contribution in [3.8, 4) is 22.6 Å². The van der Waals surface area contributed by atoms with Crippen molar-refractivity contribution < 1.29 is 30.5 Å². The fourth-order valence-corrected chi connectivity index (χ4v) is 7.82. The Kier molecular flexibility index (Phi) is 5.34. The smallest absolute Gasteiger partial charge is 0.496 e. The van der Waals surface area contributed by atoms with E-state index in [0.29, 0.717) is 5.39 Å². The molecule has 190 valence electrons. The van der Waals surface area contributed by atoms with E-state index in [1.165, 1.54) is 56.2 Å². The monoisotopic (exact) mass is 516 g/mol. The Morgan fingerprint density at radius 1 is 0.806 bits per heavy atom. The average molecular weight is 517 g/mol. The molecule has 4 bridgehead atoms. The van der Waals surface area contributed by atoms with E-state index in [0.717, 1.165) is 40.0 Å². The maximum absolute atomic E-state index is 12.7. The molecule has 4 aliphatic carbocycles. The van der Waals surface area contributed by atoms with Gasteiger partial charge in [0, 0.05) is 5.56 Å². The molecule has 0 saturated heterocycles. The van der Waals surface area contributed by atoms with E-state index < -0.39 is 15.6 Å². The van der Waals surface area contributed by atoms with Crippen LogP contribution in [-0.4, -0.2) is 21.0 Å². The maximum Gasteiger partial charge on any atom is 0.534 e. The first-order chi connectivity index (χ1) is 17.0. The fourth-order valence-electron chi connectivity index (χ4n) is 7.37. The summed E-state index contributed by atoms with van der Waals surface area (Å²) in [5.41, 5.74) is -1.98. The zero-order chi connectivity index (χ0) is 25.3. The SMILES string of the molecule is COc1ccc(-c2ccc3cc(OS(=O)(=O)C(F)(F)F)ccc3c2)cc1C12CC3CC(CC(C3)C1)C2. The van der Waals surface area contributed by atoms with Crippen LogP contribution in [-0.2, 0) is 15.5 Å². The van der Waals surface area contributed by atoms with E-state index in [2.05, 4.69) is 10.2 Å². The van der Waals surface area contributed by atoms with Crippen LogP contribution in [0.15, 0.2) is 54.6 Å². The highest BCUT2D eigenvalue weighted by Gasteiger charge is 2.52. The van der Waals surface area contributed by atoms with Gasteiger partial charge in [-0.1, -0.05) is 24.3 Å². The Balaban J connectivity index is 1.34. The van der Waals surface area contributed by atoms with Crippen LogP contribution in [0.2, 0.25) is 0 Å². The number of halogens is 3. The topological polar surface area (TPSA) is 52.6 Å². The van der Waals surface area contributed by atoms with E-state index in [-0.39, 0.29) is 11.2 Å². The van der Waals surface area contributed by atoms with Gasteiger partial charge in [0.2, 0.25) is 0 Å². The number of fused-ring (bicyclic) bond motifs is 1. The normalized spacial score (nSPS) is 27.4. The summed E-state index contributed by atoms with van der Waals surface area (Å²) >= 11 is 0. The van der Waals surface area contributed by atoms with Crippen LogP contribution in [0.1, 0.15) is 44.1 Å². The van der Waals surface area contributed by atoms with E-state index in [1.807, 2.05) is 24.3 Å². The van der Waals surface area contributed by atoms with Crippen LogP contribution >= 0.6 is 0 Å². The molecule has 36 heavy (non-hydrogen) atoms. The van der Waals surface area contributed by atoms with Gasteiger partial charge in [-0.15, -0.1) is 0 Å². The van der Waals surface area contributed by atoms with Crippen LogP contribution in [0.25, 0.3) is 21.9 Å². The molecule has 4 nitrogen and oxygen atoms in total. The minimum Gasteiger partial charge on any atom is -0.496 e. The molecule has 8 heteroatoms. The molecule has 3 aromatic carbocycles. The highest BCUT2D eigenvalue weighted by molar-refractivity contribution is 7.88. The van der Waals surface area contributed by atoms with Gasteiger partial charge in [-0.2, -0.15) is 21.6 Å². The van der Waals surface area contributed by atoms with Crippen molar-refractivity contribution in [3.63, 3.8) is 0 Å². The summed E-state index contributed by atoms with van der Waals surface area (Å²) in [5, 5.41) is 1.36. The molecule has 0 N–H and O–H groups in total. The molecule has 0 amide bonds. The number of hydrogen-bond acceptors (Lipinski definition) is 4. The van der Waals surface area contributed by atoms with Crippen LogP contribution < -0.4 is 8.92 Å². The largest absolute Gasteiger partial charge is 0.534 e. The second kappa shape index (κ2) is 8.13. The van der Waals surface area contributed by atoms with Crippen LogP contribution in [0, 0.1) is 17.8 Å². The van der Waals surface area contributed by atoms with E-state index in [4.69, 9.17) is 4.74 Å². The Morgan fingerprint density at radius 3 is 1.97 bits per heavy atom. The minimum absolute atomic E-state index is 0.170.